The third kappa shape index (κ3) is 3.73. The molecule has 1 fully saturated rings. The molecule has 3 heterocycles. The van der Waals surface area contributed by atoms with E-state index in [1.807, 2.05) is 30.3 Å². The van der Waals surface area contributed by atoms with E-state index in [1.165, 1.54) is 0 Å². The maximum atomic E-state index is 12.6. The molecule has 0 radical (unpaired) electrons. The minimum Gasteiger partial charge on any atom is -0.368 e. The Balaban J connectivity index is 1.24. The summed E-state index contributed by atoms with van der Waals surface area (Å²) >= 11 is 0. The molecule has 2 aliphatic heterocycles. The molecule has 0 spiro atoms. The molecule has 0 bridgehead atoms. The van der Waals surface area contributed by atoms with E-state index in [0.717, 1.165) is 49.1 Å². The van der Waals surface area contributed by atoms with Crippen LogP contribution in [0, 0.1) is 5.92 Å². The van der Waals surface area contributed by atoms with Crippen LogP contribution in [0.25, 0.3) is 10.9 Å². The van der Waals surface area contributed by atoms with E-state index >= 15 is 0 Å². The van der Waals surface area contributed by atoms with Crippen molar-refractivity contribution in [2.75, 3.05) is 18.4 Å². The number of hydrogen-bond acceptors (Lipinski definition) is 5. The third-order valence-electron chi connectivity index (χ3n) is 5.92. The molecule has 0 saturated carbocycles. The second kappa shape index (κ2) is 7.40. The minimum absolute atomic E-state index is 0.254. The second-order valence-electron chi connectivity index (χ2n) is 7.85. The molecule has 6 nitrogen and oxygen atoms in total. The zero-order chi connectivity index (χ0) is 19.8. The van der Waals surface area contributed by atoms with E-state index in [2.05, 4.69) is 33.1 Å². The number of piperidine rings is 1. The lowest BCUT2D eigenvalue weighted by atomic mass is 9.93. The molecule has 0 amide bonds. The molecule has 0 unspecified atom stereocenters. The first-order valence-electron chi connectivity index (χ1n) is 10.0. The fourth-order valence-corrected chi connectivity index (χ4v) is 5.72. The van der Waals surface area contributed by atoms with Gasteiger partial charge in [0.1, 0.15) is 4.90 Å². The fourth-order valence-electron chi connectivity index (χ4n) is 4.33. The van der Waals surface area contributed by atoms with E-state index in [1.54, 1.807) is 12.1 Å². The van der Waals surface area contributed by atoms with Gasteiger partial charge in [-0.15, -0.1) is 0 Å². The van der Waals surface area contributed by atoms with Crippen molar-refractivity contribution in [1.82, 2.24) is 14.6 Å². The Hall–Kier alpha value is -2.48. The van der Waals surface area contributed by atoms with Crippen LogP contribution in [0.2, 0.25) is 0 Å². The van der Waals surface area contributed by atoms with Crippen LogP contribution in [0.5, 0.6) is 0 Å². The van der Waals surface area contributed by atoms with Crippen molar-refractivity contribution >= 4 is 26.6 Å². The summed E-state index contributed by atoms with van der Waals surface area (Å²) in [6.45, 7) is 2.69. The molecule has 7 heteroatoms. The molecular weight excluding hydrogens is 384 g/mol. The maximum absolute atomic E-state index is 12.6. The summed E-state index contributed by atoms with van der Waals surface area (Å²) in [6, 6.07) is 19.5. The Morgan fingerprint density at radius 1 is 0.966 bits per heavy atom. The van der Waals surface area contributed by atoms with Gasteiger partial charge in [0.15, 0.2) is 0 Å². The SMILES string of the molecule is O=S1(=O)N[C@@H](C2CCN(Cc3ccc4ccccc4n3)CC2)Nc2ccccc21. The van der Waals surface area contributed by atoms with E-state index in [0.29, 0.717) is 10.6 Å². The van der Waals surface area contributed by atoms with Crippen molar-refractivity contribution in [3.8, 4) is 0 Å². The molecule has 2 N–H and O–H groups in total. The molecule has 29 heavy (non-hydrogen) atoms. The van der Waals surface area contributed by atoms with Crippen LogP contribution in [0.3, 0.4) is 0 Å². The number of likely N-dealkylation sites (tertiary alicyclic amines) is 1. The fraction of sp³-hybridized carbons (Fsp3) is 0.318. The van der Waals surface area contributed by atoms with Crippen LogP contribution in [-0.4, -0.2) is 37.6 Å². The number of benzene rings is 2. The molecule has 150 valence electrons. The zero-order valence-corrected chi connectivity index (χ0v) is 16.9. The second-order valence-corrected chi connectivity index (χ2v) is 9.53. The Morgan fingerprint density at radius 3 is 2.59 bits per heavy atom. The van der Waals surface area contributed by atoms with Gasteiger partial charge in [-0.1, -0.05) is 36.4 Å². The largest absolute Gasteiger partial charge is 0.368 e. The Bertz CT molecular complexity index is 1140. The molecule has 1 atom stereocenters. The summed E-state index contributed by atoms with van der Waals surface area (Å²) < 4.78 is 28.0. The monoisotopic (exact) mass is 408 g/mol. The molecule has 3 aromatic rings. The third-order valence-corrected chi connectivity index (χ3v) is 7.41. The molecule has 1 saturated heterocycles. The lowest BCUT2D eigenvalue weighted by Crippen LogP contribution is -2.51. The molecule has 2 aliphatic rings. The van der Waals surface area contributed by atoms with Crippen molar-refractivity contribution in [2.24, 2.45) is 5.92 Å². The number of nitrogens with zero attached hydrogens (tertiary/aromatic N) is 2. The van der Waals surface area contributed by atoms with Gasteiger partial charge >= 0.3 is 0 Å². The number of sulfonamides is 1. The van der Waals surface area contributed by atoms with Crippen LogP contribution in [0.15, 0.2) is 65.6 Å². The molecule has 5 rings (SSSR count). The van der Waals surface area contributed by atoms with Crippen LogP contribution >= 0.6 is 0 Å². The Kier molecular flexibility index (Phi) is 4.73. The highest BCUT2D eigenvalue weighted by atomic mass is 32.2. The lowest BCUT2D eigenvalue weighted by Gasteiger charge is -2.38. The van der Waals surface area contributed by atoms with Crippen LogP contribution in [-0.2, 0) is 16.6 Å². The minimum atomic E-state index is -3.46. The van der Waals surface area contributed by atoms with Gasteiger partial charge in [-0.2, -0.15) is 4.72 Å². The number of fused-ring (bicyclic) bond motifs is 2. The first-order valence-corrected chi connectivity index (χ1v) is 11.5. The summed E-state index contributed by atoms with van der Waals surface area (Å²) in [5.74, 6) is 0.263. The van der Waals surface area contributed by atoms with Gasteiger partial charge in [0.05, 0.1) is 23.1 Å². The number of anilines is 1. The number of hydrogen-bond donors (Lipinski definition) is 2. The Labute approximate surface area is 171 Å². The molecule has 0 aliphatic carbocycles. The van der Waals surface area contributed by atoms with Gasteiger partial charge in [0.2, 0.25) is 10.0 Å². The average Bonchev–Trinajstić information content (AvgIpc) is 2.74. The van der Waals surface area contributed by atoms with Gasteiger partial charge in [0.25, 0.3) is 0 Å². The number of pyridine rings is 1. The van der Waals surface area contributed by atoms with E-state index < -0.39 is 10.0 Å². The zero-order valence-electron chi connectivity index (χ0n) is 16.1. The van der Waals surface area contributed by atoms with E-state index in [9.17, 15) is 8.42 Å². The van der Waals surface area contributed by atoms with Gasteiger partial charge < -0.3 is 5.32 Å². The predicted molar refractivity (Wildman–Crippen MR) is 114 cm³/mol. The number of aromatic nitrogens is 1. The van der Waals surface area contributed by atoms with E-state index in [-0.39, 0.29) is 12.1 Å². The number of nitrogens with one attached hydrogen (secondary N) is 2. The van der Waals surface area contributed by atoms with Gasteiger partial charge in [-0.25, -0.2) is 8.42 Å². The van der Waals surface area contributed by atoms with Crippen molar-refractivity contribution in [1.29, 1.82) is 0 Å². The van der Waals surface area contributed by atoms with Crippen LogP contribution in [0.1, 0.15) is 18.5 Å². The molecule has 2 aromatic carbocycles. The lowest BCUT2D eigenvalue weighted by molar-refractivity contribution is 0.162. The topological polar surface area (TPSA) is 74.3 Å². The van der Waals surface area contributed by atoms with E-state index in [4.69, 9.17) is 4.98 Å². The van der Waals surface area contributed by atoms with Crippen molar-refractivity contribution < 1.29 is 8.42 Å². The van der Waals surface area contributed by atoms with Crippen LogP contribution in [0.4, 0.5) is 5.69 Å². The summed E-state index contributed by atoms with van der Waals surface area (Å²) in [7, 11) is -3.46. The average molecular weight is 409 g/mol. The number of para-hydroxylation sites is 2. The quantitative estimate of drug-likeness (QED) is 0.696. The molecular formula is C22H24N4O2S. The summed E-state index contributed by atoms with van der Waals surface area (Å²) in [5, 5.41) is 4.54. The Morgan fingerprint density at radius 2 is 1.72 bits per heavy atom. The standard InChI is InChI=1S/C22H24N4O2S/c27-29(28)21-8-4-3-7-20(21)24-22(25-29)17-11-13-26(14-12-17)15-18-10-9-16-5-1-2-6-19(16)23-18/h1-10,17,22,24-25H,11-15H2/t22-/m0/s1. The molecule has 1 aromatic heterocycles. The summed E-state index contributed by atoms with van der Waals surface area (Å²) in [5.41, 5.74) is 2.80. The first kappa shape index (κ1) is 18.5. The first-order chi connectivity index (χ1) is 14.1. The van der Waals surface area contributed by atoms with Crippen LogP contribution < -0.4 is 10.0 Å². The predicted octanol–water partition coefficient (Wildman–Crippen LogP) is 3.18. The summed E-state index contributed by atoms with van der Waals surface area (Å²) in [4.78, 5) is 7.51. The summed E-state index contributed by atoms with van der Waals surface area (Å²) in [6.07, 6.45) is 1.63. The highest BCUT2D eigenvalue weighted by Crippen LogP contribution is 2.31. The smallest absolute Gasteiger partial charge is 0.244 e. The number of rotatable bonds is 3. The maximum Gasteiger partial charge on any atom is 0.244 e. The van der Waals surface area contributed by atoms with Gasteiger partial charge in [-0.05, 0) is 56.1 Å². The highest BCUT2D eigenvalue weighted by molar-refractivity contribution is 7.89. The normalized spacial score (nSPS) is 22.1. The van der Waals surface area contributed by atoms with Gasteiger partial charge in [-0.3, -0.25) is 9.88 Å². The van der Waals surface area contributed by atoms with Crippen molar-refractivity contribution in [3.05, 3.63) is 66.4 Å². The van der Waals surface area contributed by atoms with Crippen molar-refractivity contribution in [2.45, 2.75) is 30.4 Å². The van der Waals surface area contributed by atoms with Crippen molar-refractivity contribution in [3.63, 3.8) is 0 Å². The highest BCUT2D eigenvalue weighted by Gasteiger charge is 2.35. The van der Waals surface area contributed by atoms with Gasteiger partial charge in [0, 0.05) is 11.9 Å².